The van der Waals surface area contributed by atoms with Crippen molar-refractivity contribution in [2.75, 3.05) is 12.3 Å². The van der Waals surface area contributed by atoms with Gasteiger partial charge in [-0.25, -0.2) is 0 Å². The zero-order chi connectivity index (χ0) is 12.7. The number of nitrogens with two attached hydrogens (primary N) is 1. The minimum Gasteiger partial charge on any atom is -0.481 e. The molecule has 1 amide bonds. The molecule has 0 aliphatic carbocycles. The van der Waals surface area contributed by atoms with E-state index in [9.17, 15) is 9.59 Å². The molecule has 17 heavy (non-hydrogen) atoms. The van der Waals surface area contributed by atoms with Gasteiger partial charge in [0.25, 0.3) is 0 Å². The number of carboxylic acid groups (broad SMARTS) is 1. The van der Waals surface area contributed by atoms with Crippen LogP contribution in [0.15, 0.2) is 30.3 Å². The van der Waals surface area contributed by atoms with Crippen LogP contribution in [0.5, 0.6) is 0 Å². The number of carbonyl (C=O) groups excluding carboxylic acids is 1. The number of aliphatic carboxylic acids is 1. The lowest BCUT2D eigenvalue weighted by atomic mass is 10.2. The molecule has 5 heteroatoms. The van der Waals surface area contributed by atoms with Crippen molar-refractivity contribution in [1.29, 1.82) is 0 Å². The molecular formula is C12H14N2O3. The highest BCUT2D eigenvalue weighted by molar-refractivity contribution is 5.91. The number of benzene rings is 1. The van der Waals surface area contributed by atoms with Gasteiger partial charge >= 0.3 is 5.97 Å². The summed E-state index contributed by atoms with van der Waals surface area (Å²) in [4.78, 5) is 21.5. The van der Waals surface area contributed by atoms with Crippen molar-refractivity contribution in [3.8, 4) is 0 Å². The molecule has 90 valence electrons. The summed E-state index contributed by atoms with van der Waals surface area (Å²) in [6, 6.07) is 7.10. The predicted molar refractivity (Wildman–Crippen MR) is 65.2 cm³/mol. The van der Waals surface area contributed by atoms with Gasteiger partial charge in [-0.3, -0.25) is 9.59 Å². The van der Waals surface area contributed by atoms with E-state index in [1.54, 1.807) is 24.3 Å². The fourth-order valence-electron chi connectivity index (χ4n) is 1.19. The number of hydrogen-bond acceptors (Lipinski definition) is 3. The number of carboxylic acids is 1. The Kier molecular flexibility index (Phi) is 4.75. The van der Waals surface area contributed by atoms with Crippen molar-refractivity contribution in [2.24, 2.45) is 0 Å². The van der Waals surface area contributed by atoms with Gasteiger partial charge in [-0.1, -0.05) is 12.1 Å². The SMILES string of the molecule is Nc1cccc(/C=C/C(=O)NCCC(=O)O)c1. The Bertz CT molecular complexity index is 441. The predicted octanol–water partition coefficient (Wildman–Crippen LogP) is 0.873. The van der Waals surface area contributed by atoms with E-state index in [0.29, 0.717) is 5.69 Å². The van der Waals surface area contributed by atoms with Crippen LogP contribution in [0.4, 0.5) is 5.69 Å². The van der Waals surface area contributed by atoms with Crippen LogP contribution in [0.2, 0.25) is 0 Å². The van der Waals surface area contributed by atoms with Crippen molar-refractivity contribution in [3.05, 3.63) is 35.9 Å². The molecule has 5 nitrogen and oxygen atoms in total. The lowest BCUT2D eigenvalue weighted by Crippen LogP contribution is -2.23. The first-order valence-electron chi connectivity index (χ1n) is 5.11. The molecule has 1 aromatic carbocycles. The normalized spacial score (nSPS) is 10.4. The largest absolute Gasteiger partial charge is 0.481 e. The van der Waals surface area contributed by atoms with Crippen LogP contribution in [0, 0.1) is 0 Å². The molecule has 0 unspecified atom stereocenters. The highest BCUT2D eigenvalue weighted by atomic mass is 16.4. The third-order valence-corrected chi connectivity index (χ3v) is 1.98. The highest BCUT2D eigenvalue weighted by Crippen LogP contribution is 2.07. The number of rotatable bonds is 5. The number of nitrogens with one attached hydrogen (secondary N) is 1. The summed E-state index contributed by atoms with van der Waals surface area (Å²) in [5.74, 6) is -1.27. The van der Waals surface area contributed by atoms with Crippen LogP contribution in [-0.4, -0.2) is 23.5 Å². The maximum Gasteiger partial charge on any atom is 0.305 e. The molecule has 0 saturated carbocycles. The number of carbonyl (C=O) groups is 2. The lowest BCUT2D eigenvalue weighted by Gasteiger charge is -1.99. The molecule has 0 fully saturated rings. The third-order valence-electron chi connectivity index (χ3n) is 1.98. The monoisotopic (exact) mass is 234 g/mol. The molecular weight excluding hydrogens is 220 g/mol. The Morgan fingerprint density at radius 3 is 2.82 bits per heavy atom. The zero-order valence-corrected chi connectivity index (χ0v) is 9.22. The minimum absolute atomic E-state index is 0.0855. The second-order valence-electron chi connectivity index (χ2n) is 3.44. The molecule has 0 radical (unpaired) electrons. The van der Waals surface area contributed by atoms with E-state index in [0.717, 1.165) is 5.56 Å². The third kappa shape index (κ3) is 5.36. The maximum absolute atomic E-state index is 11.3. The lowest BCUT2D eigenvalue weighted by molar-refractivity contribution is -0.136. The molecule has 0 spiro atoms. The van der Waals surface area contributed by atoms with Gasteiger partial charge < -0.3 is 16.2 Å². The first-order valence-corrected chi connectivity index (χ1v) is 5.11. The van der Waals surface area contributed by atoms with Gasteiger partial charge in [0.2, 0.25) is 5.91 Å². The van der Waals surface area contributed by atoms with Gasteiger partial charge in [0.15, 0.2) is 0 Å². The van der Waals surface area contributed by atoms with Gasteiger partial charge in [0.05, 0.1) is 6.42 Å². The molecule has 0 bridgehead atoms. The summed E-state index contributed by atoms with van der Waals surface area (Å²) in [5.41, 5.74) is 7.02. The molecule has 0 aliphatic rings. The van der Waals surface area contributed by atoms with Crippen LogP contribution in [0.25, 0.3) is 6.08 Å². The van der Waals surface area contributed by atoms with Gasteiger partial charge in [-0.2, -0.15) is 0 Å². The summed E-state index contributed by atoms with van der Waals surface area (Å²) in [6.45, 7) is 0.120. The van der Waals surface area contributed by atoms with E-state index < -0.39 is 5.97 Å². The van der Waals surface area contributed by atoms with E-state index in [4.69, 9.17) is 10.8 Å². The molecule has 0 atom stereocenters. The Morgan fingerprint density at radius 2 is 2.18 bits per heavy atom. The van der Waals surface area contributed by atoms with Gasteiger partial charge in [0.1, 0.15) is 0 Å². The van der Waals surface area contributed by atoms with Crippen molar-refractivity contribution >= 4 is 23.6 Å². The van der Waals surface area contributed by atoms with E-state index >= 15 is 0 Å². The van der Waals surface area contributed by atoms with Gasteiger partial charge in [-0.05, 0) is 23.8 Å². The van der Waals surface area contributed by atoms with Crippen LogP contribution < -0.4 is 11.1 Å². The molecule has 1 aromatic rings. The summed E-state index contributed by atoms with van der Waals surface area (Å²) in [5, 5.41) is 10.8. The number of hydrogen-bond donors (Lipinski definition) is 3. The smallest absolute Gasteiger partial charge is 0.305 e. The first-order chi connectivity index (χ1) is 8.08. The molecule has 0 heterocycles. The quantitative estimate of drug-likeness (QED) is 0.520. The topological polar surface area (TPSA) is 92.4 Å². The Hall–Kier alpha value is -2.30. The van der Waals surface area contributed by atoms with E-state index in [1.165, 1.54) is 6.08 Å². The van der Waals surface area contributed by atoms with E-state index in [-0.39, 0.29) is 18.9 Å². The molecule has 4 N–H and O–H groups in total. The zero-order valence-electron chi connectivity index (χ0n) is 9.22. The average Bonchev–Trinajstić information content (AvgIpc) is 2.26. The number of anilines is 1. The first kappa shape index (κ1) is 12.8. The van der Waals surface area contributed by atoms with Crippen molar-refractivity contribution in [3.63, 3.8) is 0 Å². The minimum atomic E-state index is -0.940. The average molecular weight is 234 g/mol. The van der Waals surface area contributed by atoms with Gasteiger partial charge in [0, 0.05) is 18.3 Å². The molecule has 0 aromatic heterocycles. The Balaban J connectivity index is 2.43. The van der Waals surface area contributed by atoms with Crippen LogP contribution in [0.3, 0.4) is 0 Å². The Morgan fingerprint density at radius 1 is 1.41 bits per heavy atom. The van der Waals surface area contributed by atoms with Crippen LogP contribution in [0.1, 0.15) is 12.0 Å². The van der Waals surface area contributed by atoms with E-state index in [2.05, 4.69) is 5.32 Å². The fraction of sp³-hybridized carbons (Fsp3) is 0.167. The molecule has 1 rings (SSSR count). The van der Waals surface area contributed by atoms with Gasteiger partial charge in [-0.15, -0.1) is 0 Å². The van der Waals surface area contributed by atoms with Crippen LogP contribution in [-0.2, 0) is 9.59 Å². The summed E-state index contributed by atoms with van der Waals surface area (Å²) in [7, 11) is 0. The Labute approximate surface area is 98.9 Å². The summed E-state index contributed by atoms with van der Waals surface area (Å²) < 4.78 is 0. The highest BCUT2D eigenvalue weighted by Gasteiger charge is 1.98. The number of amides is 1. The molecule has 0 aliphatic heterocycles. The fourth-order valence-corrected chi connectivity index (χ4v) is 1.19. The van der Waals surface area contributed by atoms with E-state index in [1.807, 2.05) is 6.07 Å². The van der Waals surface area contributed by atoms with Crippen molar-refractivity contribution < 1.29 is 14.7 Å². The van der Waals surface area contributed by atoms with Crippen molar-refractivity contribution in [2.45, 2.75) is 6.42 Å². The summed E-state index contributed by atoms with van der Waals surface area (Å²) >= 11 is 0. The molecule has 0 saturated heterocycles. The second kappa shape index (κ2) is 6.32. The number of nitrogen functional groups attached to an aromatic ring is 1. The standard InChI is InChI=1S/C12H14N2O3/c13-10-3-1-2-9(8-10)4-5-11(15)14-7-6-12(16)17/h1-5,8H,6-7,13H2,(H,14,15)(H,16,17)/b5-4+. The van der Waals surface area contributed by atoms with Crippen molar-refractivity contribution in [1.82, 2.24) is 5.32 Å². The van der Waals surface area contributed by atoms with Crippen LogP contribution >= 0.6 is 0 Å². The summed E-state index contributed by atoms with van der Waals surface area (Å²) in [6.07, 6.45) is 2.88. The maximum atomic E-state index is 11.3. The second-order valence-corrected chi connectivity index (χ2v) is 3.44.